The van der Waals surface area contributed by atoms with Gasteiger partial charge in [0.05, 0.1) is 6.54 Å². The molecule has 15 heavy (non-hydrogen) atoms. The number of hydrogen-bond acceptors (Lipinski definition) is 5. The first-order valence-corrected chi connectivity index (χ1v) is 5.32. The molecule has 0 atom stereocenters. The highest BCUT2D eigenvalue weighted by Crippen LogP contribution is 1.62. The Labute approximate surface area is 91.4 Å². The number of rotatable bonds is 11. The Kier molecular flexibility index (Phi) is 10.9. The molecule has 0 aromatic heterocycles. The van der Waals surface area contributed by atoms with E-state index in [9.17, 15) is 4.79 Å². The summed E-state index contributed by atoms with van der Waals surface area (Å²) in [5.41, 5.74) is 4.96. The van der Waals surface area contributed by atoms with Gasteiger partial charge in [0, 0.05) is 39.3 Å². The molecule has 0 fully saturated rings. The summed E-state index contributed by atoms with van der Waals surface area (Å²) in [6.07, 6.45) is 0. The molecule has 0 spiro atoms. The van der Waals surface area contributed by atoms with Gasteiger partial charge in [-0.15, -0.1) is 0 Å². The molecule has 0 rings (SSSR count). The molecule has 0 bridgehead atoms. The Balaban J connectivity index is 2.89. The van der Waals surface area contributed by atoms with Crippen molar-refractivity contribution >= 4 is 5.91 Å². The summed E-state index contributed by atoms with van der Waals surface area (Å²) in [6.45, 7) is 5.72. The summed E-state index contributed by atoms with van der Waals surface area (Å²) >= 11 is 0. The van der Waals surface area contributed by atoms with E-state index >= 15 is 0 Å². The van der Waals surface area contributed by atoms with Gasteiger partial charge in [0.2, 0.25) is 5.91 Å². The highest BCUT2D eigenvalue weighted by molar-refractivity contribution is 5.75. The number of hydrogen-bond donors (Lipinski definition) is 5. The topological polar surface area (TPSA) is 91.2 Å². The van der Waals surface area contributed by atoms with Gasteiger partial charge in [-0.2, -0.15) is 0 Å². The monoisotopic (exact) mass is 217 g/mol. The van der Waals surface area contributed by atoms with Crippen molar-refractivity contribution in [3.63, 3.8) is 0 Å². The summed E-state index contributed by atoms with van der Waals surface area (Å²) < 4.78 is 0. The Morgan fingerprint density at radius 1 is 0.933 bits per heavy atom. The fourth-order valence-corrected chi connectivity index (χ4v) is 1.03. The predicted molar refractivity (Wildman–Crippen MR) is 61.7 cm³/mol. The third-order valence-electron chi connectivity index (χ3n) is 1.81. The lowest BCUT2D eigenvalue weighted by Crippen LogP contribution is -2.36. The van der Waals surface area contributed by atoms with Crippen molar-refractivity contribution in [1.82, 2.24) is 21.3 Å². The maximum atomic E-state index is 10.4. The van der Waals surface area contributed by atoms with Crippen LogP contribution in [0.25, 0.3) is 0 Å². The fraction of sp³-hybridized carbons (Fsp3) is 0.889. The number of carbonyl (C=O) groups excluding carboxylic acids is 1. The van der Waals surface area contributed by atoms with E-state index in [2.05, 4.69) is 21.3 Å². The van der Waals surface area contributed by atoms with Crippen LogP contribution in [0.4, 0.5) is 0 Å². The number of amides is 1. The Hall–Kier alpha value is -0.690. The van der Waals surface area contributed by atoms with Crippen molar-refractivity contribution in [1.29, 1.82) is 0 Å². The van der Waals surface area contributed by atoms with Gasteiger partial charge in [0.25, 0.3) is 0 Å². The number of carbonyl (C=O) groups is 1. The van der Waals surface area contributed by atoms with E-state index < -0.39 is 0 Å². The molecule has 0 aromatic carbocycles. The molecule has 6 N–H and O–H groups in total. The van der Waals surface area contributed by atoms with Gasteiger partial charge >= 0.3 is 0 Å². The average Bonchev–Trinajstić information content (AvgIpc) is 2.20. The zero-order valence-corrected chi connectivity index (χ0v) is 9.44. The maximum Gasteiger partial charge on any atom is 0.231 e. The first-order chi connectivity index (χ1) is 7.27. The zero-order valence-electron chi connectivity index (χ0n) is 9.44. The van der Waals surface area contributed by atoms with E-state index in [1.165, 1.54) is 0 Å². The standard InChI is InChI=1S/C9H23N5O/c1-11-2-3-12-4-5-13-6-7-14-8-9(10)15/h11-14H,2-8H2,1H3,(H2,10,15). The van der Waals surface area contributed by atoms with Crippen LogP contribution < -0.4 is 27.0 Å². The normalized spacial score (nSPS) is 10.5. The summed E-state index contributed by atoms with van der Waals surface area (Å²) in [6, 6.07) is 0. The Morgan fingerprint density at radius 2 is 1.40 bits per heavy atom. The molecule has 0 saturated heterocycles. The molecule has 0 unspecified atom stereocenters. The molecule has 0 aromatic rings. The van der Waals surface area contributed by atoms with Crippen LogP contribution in [0.2, 0.25) is 0 Å². The van der Waals surface area contributed by atoms with Crippen LogP contribution in [-0.2, 0) is 4.79 Å². The lowest BCUT2D eigenvalue weighted by atomic mass is 10.5. The van der Waals surface area contributed by atoms with Crippen LogP contribution in [0.1, 0.15) is 0 Å². The molecule has 0 aliphatic carbocycles. The molecular weight excluding hydrogens is 194 g/mol. The van der Waals surface area contributed by atoms with Crippen LogP contribution in [-0.4, -0.2) is 58.8 Å². The Morgan fingerprint density at radius 3 is 1.87 bits per heavy atom. The van der Waals surface area contributed by atoms with Crippen molar-refractivity contribution in [2.24, 2.45) is 5.73 Å². The van der Waals surface area contributed by atoms with Gasteiger partial charge in [-0.05, 0) is 7.05 Å². The van der Waals surface area contributed by atoms with Gasteiger partial charge < -0.3 is 27.0 Å². The third-order valence-corrected chi connectivity index (χ3v) is 1.81. The van der Waals surface area contributed by atoms with E-state index in [-0.39, 0.29) is 12.5 Å². The summed E-state index contributed by atoms with van der Waals surface area (Å²) in [4.78, 5) is 10.4. The number of likely N-dealkylation sites (N-methyl/N-ethyl adjacent to an activating group) is 1. The molecular formula is C9H23N5O. The van der Waals surface area contributed by atoms with Crippen LogP contribution in [0.5, 0.6) is 0 Å². The zero-order chi connectivity index (χ0) is 11.4. The first kappa shape index (κ1) is 14.3. The quantitative estimate of drug-likeness (QED) is 0.246. The van der Waals surface area contributed by atoms with E-state index in [1.807, 2.05) is 7.05 Å². The van der Waals surface area contributed by atoms with E-state index in [4.69, 9.17) is 5.73 Å². The molecule has 0 aliphatic rings. The van der Waals surface area contributed by atoms with E-state index in [0.717, 1.165) is 39.3 Å². The predicted octanol–water partition coefficient (Wildman–Crippen LogP) is -2.54. The SMILES string of the molecule is CNCCNCCNCCNCC(N)=O. The van der Waals surface area contributed by atoms with Gasteiger partial charge in [-0.3, -0.25) is 4.79 Å². The first-order valence-electron chi connectivity index (χ1n) is 5.32. The molecule has 0 heterocycles. The lowest BCUT2D eigenvalue weighted by Gasteiger charge is -2.06. The van der Waals surface area contributed by atoms with E-state index in [0.29, 0.717) is 0 Å². The molecule has 90 valence electrons. The van der Waals surface area contributed by atoms with Crippen molar-refractivity contribution in [3.8, 4) is 0 Å². The molecule has 6 nitrogen and oxygen atoms in total. The highest BCUT2D eigenvalue weighted by Gasteiger charge is 1.91. The second-order valence-electron chi connectivity index (χ2n) is 3.25. The second-order valence-corrected chi connectivity index (χ2v) is 3.25. The smallest absolute Gasteiger partial charge is 0.231 e. The van der Waals surface area contributed by atoms with Crippen LogP contribution in [0.15, 0.2) is 0 Å². The fourth-order valence-electron chi connectivity index (χ4n) is 1.03. The molecule has 0 radical (unpaired) electrons. The van der Waals surface area contributed by atoms with Crippen molar-refractivity contribution in [3.05, 3.63) is 0 Å². The molecule has 0 saturated carbocycles. The van der Waals surface area contributed by atoms with Crippen LogP contribution >= 0.6 is 0 Å². The minimum atomic E-state index is -0.316. The summed E-state index contributed by atoms with van der Waals surface area (Å²) in [5, 5.41) is 12.5. The summed E-state index contributed by atoms with van der Waals surface area (Å²) in [5.74, 6) is -0.316. The van der Waals surface area contributed by atoms with Gasteiger partial charge in [0.1, 0.15) is 0 Å². The number of nitrogens with two attached hydrogens (primary N) is 1. The largest absolute Gasteiger partial charge is 0.369 e. The van der Waals surface area contributed by atoms with Crippen molar-refractivity contribution < 1.29 is 4.79 Å². The van der Waals surface area contributed by atoms with Crippen molar-refractivity contribution in [2.75, 3.05) is 52.9 Å². The number of nitrogens with one attached hydrogen (secondary N) is 4. The van der Waals surface area contributed by atoms with Crippen molar-refractivity contribution in [2.45, 2.75) is 0 Å². The van der Waals surface area contributed by atoms with Crippen LogP contribution in [0.3, 0.4) is 0 Å². The minimum Gasteiger partial charge on any atom is -0.369 e. The van der Waals surface area contributed by atoms with Gasteiger partial charge in [0.15, 0.2) is 0 Å². The minimum absolute atomic E-state index is 0.252. The number of primary amides is 1. The highest BCUT2D eigenvalue weighted by atomic mass is 16.1. The third kappa shape index (κ3) is 13.3. The van der Waals surface area contributed by atoms with Gasteiger partial charge in [-0.25, -0.2) is 0 Å². The Bertz CT molecular complexity index is 153. The van der Waals surface area contributed by atoms with E-state index in [1.54, 1.807) is 0 Å². The van der Waals surface area contributed by atoms with Crippen LogP contribution in [0, 0.1) is 0 Å². The second kappa shape index (κ2) is 11.4. The molecule has 6 heteroatoms. The summed E-state index contributed by atoms with van der Waals surface area (Å²) in [7, 11) is 1.93. The maximum absolute atomic E-state index is 10.4. The molecule has 1 amide bonds. The van der Waals surface area contributed by atoms with Gasteiger partial charge in [-0.1, -0.05) is 0 Å². The lowest BCUT2D eigenvalue weighted by molar-refractivity contribution is -0.117. The molecule has 0 aliphatic heterocycles. The average molecular weight is 217 g/mol.